The first-order chi connectivity index (χ1) is 16.7. The zero-order chi connectivity index (χ0) is 25.5. The summed E-state index contributed by atoms with van der Waals surface area (Å²) in [6, 6.07) is 12.2. The summed E-state index contributed by atoms with van der Waals surface area (Å²) in [5.74, 6) is 0.668. The number of carbonyl (C=O) groups excluding carboxylic acids is 2. The summed E-state index contributed by atoms with van der Waals surface area (Å²) in [6.07, 6.45) is 1.73. The molecule has 0 spiro atoms. The number of nitrogens with zero attached hydrogens (tertiary/aromatic N) is 3. The van der Waals surface area contributed by atoms with Gasteiger partial charge in [0.15, 0.2) is 11.0 Å². The van der Waals surface area contributed by atoms with Gasteiger partial charge in [0.1, 0.15) is 0 Å². The van der Waals surface area contributed by atoms with Crippen molar-refractivity contribution in [2.24, 2.45) is 0 Å². The minimum atomic E-state index is -0.408. The number of carbonyl (C=O) groups is 2. The number of hydrogen-bond acceptors (Lipinski definition) is 5. The van der Waals surface area contributed by atoms with Crippen molar-refractivity contribution in [1.29, 1.82) is 0 Å². The number of benzene rings is 2. The molecule has 0 radical (unpaired) electrons. The van der Waals surface area contributed by atoms with Crippen molar-refractivity contribution in [3.8, 4) is 0 Å². The molecule has 1 atom stereocenters. The van der Waals surface area contributed by atoms with Gasteiger partial charge in [-0.15, -0.1) is 16.8 Å². The van der Waals surface area contributed by atoms with E-state index in [-0.39, 0.29) is 23.5 Å². The lowest BCUT2D eigenvalue weighted by Gasteiger charge is -2.16. The fourth-order valence-corrected chi connectivity index (χ4v) is 4.81. The van der Waals surface area contributed by atoms with Gasteiger partial charge in [-0.1, -0.05) is 43.3 Å². The summed E-state index contributed by atoms with van der Waals surface area (Å²) in [5.41, 5.74) is 2.41. The Labute approximate surface area is 228 Å². The van der Waals surface area contributed by atoms with E-state index in [1.54, 1.807) is 30.3 Å². The lowest BCUT2D eigenvalue weighted by molar-refractivity contribution is -0.113. The molecular weight excluding hydrogens is 597 g/mol. The number of allylic oxidation sites excluding steroid dienone is 1. The molecule has 0 unspecified atom stereocenters. The standard InChI is InChI=1S/C25H27ClIN5O2S/c1-5-12-32-23(16(4)28-24(34)17-6-8-18(26)9-7-17)30-31-25(32)35-14-22(33)29-21-11-10-19(27)13-20(21)15(2)3/h5-11,13,15-16H,1,12,14H2,2-4H3,(H,28,34)(H,29,33)/t16-/m1/s1. The Morgan fingerprint density at radius 3 is 2.54 bits per heavy atom. The van der Waals surface area contributed by atoms with E-state index in [0.29, 0.717) is 28.1 Å². The lowest BCUT2D eigenvalue weighted by Crippen LogP contribution is -2.28. The van der Waals surface area contributed by atoms with Crippen LogP contribution in [-0.2, 0) is 11.3 Å². The molecule has 35 heavy (non-hydrogen) atoms. The number of anilines is 1. The highest BCUT2D eigenvalue weighted by Gasteiger charge is 2.21. The topological polar surface area (TPSA) is 88.9 Å². The van der Waals surface area contributed by atoms with Gasteiger partial charge in [0.25, 0.3) is 5.91 Å². The van der Waals surface area contributed by atoms with Crippen molar-refractivity contribution < 1.29 is 9.59 Å². The van der Waals surface area contributed by atoms with Crippen LogP contribution in [0.5, 0.6) is 0 Å². The molecule has 0 fully saturated rings. The van der Waals surface area contributed by atoms with E-state index in [1.807, 2.05) is 23.6 Å². The van der Waals surface area contributed by atoms with Crippen LogP contribution in [0, 0.1) is 3.57 Å². The molecule has 0 bridgehead atoms. The van der Waals surface area contributed by atoms with Crippen LogP contribution in [0.2, 0.25) is 5.02 Å². The fraction of sp³-hybridized carbons (Fsp3) is 0.280. The molecule has 3 aromatic rings. The van der Waals surface area contributed by atoms with Gasteiger partial charge in [0, 0.05) is 26.4 Å². The van der Waals surface area contributed by atoms with Gasteiger partial charge in [-0.25, -0.2) is 0 Å². The van der Waals surface area contributed by atoms with E-state index in [1.165, 1.54) is 11.8 Å². The van der Waals surface area contributed by atoms with E-state index in [2.05, 4.69) is 69.9 Å². The maximum absolute atomic E-state index is 12.7. The molecule has 0 saturated carbocycles. The number of hydrogen-bond donors (Lipinski definition) is 2. The molecule has 7 nitrogen and oxygen atoms in total. The minimum absolute atomic E-state index is 0.128. The van der Waals surface area contributed by atoms with Gasteiger partial charge in [0.05, 0.1) is 11.8 Å². The third-order valence-corrected chi connectivity index (χ3v) is 7.03. The van der Waals surface area contributed by atoms with Crippen LogP contribution in [-0.4, -0.2) is 32.3 Å². The zero-order valence-corrected chi connectivity index (χ0v) is 23.4. The molecule has 0 saturated heterocycles. The predicted molar refractivity (Wildman–Crippen MR) is 150 cm³/mol. The second-order valence-corrected chi connectivity index (χ2v) is 10.8. The van der Waals surface area contributed by atoms with Crippen LogP contribution in [0.25, 0.3) is 0 Å². The average molecular weight is 624 g/mol. The molecule has 1 heterocycles. The average Bonchev–Trinajstić information content (AvgIpc) is 3.22. The van der Waals surface area contributed by atoms with Gasteiger partial charge in [-0.2, -0.15) is 0 Å². The van der Waals surface area contributed by atoms with Crippen molar-refractivity contribution >= 4 is 63.5 Å². The van der Waals surface area contributed by atoms with E-state index < -0.39 is 6.04 Å². The number of rotatable bonds is 10. The Hall–Kier alpha value is -2.37. The highest BCUT2D eigenvalue weighted by Crippen LogP contribution is 2.27. The van der Waals surface area contributed by atoms with Gasteiger partial charge in [-0.05, 0) is 83.5 Å². The Balaban J connectivity index is 1.68. The number of aromatic nitrogens is 3. The largest absolute Gasteiger partial charge is 0.342 e. The third-order valence-electron chi connectivity index (χ3n) is 5.14. The van der Waals surface area contributed by atoms with Crippen LogP contribution >= 0.6 is 46.0 Å². The Bertz CT molecular complexity index is 1210. The fourth-order valence-electron chi connectivity index (χ4n) is 3.42. The number of amides is 2. The molecule has 0 aliphatic rings. The van der Waals surface area contributed by atoms with Crippen LogP contribution in [0.1, 0.15) is 54.5 Å². The smallest absolute Gasteiger partial charge is 0.251 e. The molecule has 2 aromatic carbocycles. The zero-order valence-electron chi connectivity index (χ0n) is 19.7. The van der Waals surface area contributed by atoms with Crippen molar-refractivity contribution in [2.75, 3.05) is 11.1 Å². The first kappa shape index (κ1) is 27.2. The summed E-state index contributed by atoms with van der Waals surface area (Å²) in [5, 5.41) is 15.6. The Kier molecular flexibility index (Phi) is 9.76. The monoisotopic (exact) mass is 623 g/mol. The van der Waals surface area contributed by atoms with Crippen molar-refractivity contribution in [2.45, 2.75) is 44.4 Å². The first-order valence-corrected chi connectivity index (χ1v) is 13.5. The quantitative estimate of drug-likeness (QED) is 0.163. The van der Waals surface area contributed by atoms with Crippen molar-refractivity contribution in [3.63, 3.8) is 0 Å². The molecule has 2 N–H and O–H groups in total. The van der Waals surface area contributed by atoms with Crippen LogP contribution < -0.4 is 10.6 Å². The number of halogens is 2. The summed E-state index contributed by atoms with van der Waals surface area (Å²) in [6.45, 7) is 10.3. The third kappa shape index (κ3) is 7.31. The maximum Gasteiger partial charge on any atom is 0.251 e. The van der Waals surface area contributed by atoms with E-state index in [0.717, 1.165) is 14.8 Å². The molecule has 0 aliphatic heterocycles. The molecule has 0 aliphatic carbocycles. The molecular formula is C25H27ClIN5O2S. The Morgan fingerprint density at radius 1 is 1.17 bits per heavy atom. The normalized spacial score (nSPS) is 11.8. The molecule has 184 valence electrons. The minimum Gasteiger partial charge on any atom is -0.342 e. The first-order valence-electron chi connectivity index (χ1n) is 11.0. The van der Waals surface area contributed by atoms with Crippen LogP contribution in [0.4, 0.5) is 5.69 Å². The highest BCUT2D eigenvalue weighted by molar-refractivity contribution is 14.1. The number of thioether (sulfide) groups is 1. The molecule has 3 rings (SSSR count). The summed E-state index contributed by atoms with van der Waals surface area (Å²) >= 11 is 9.46. The molecule has 2 amide bonds. The van der Waals surface area contributed by atoms with Crippen LogP contribution in [0.3, 0.4) is 0 Å². The van der Waals surface area contributed by atoms with E-state index in [9.17, 15) is 9.59 Å². The Morgan fingerprint density at radius 2 is 1.89 bits per heavy atom. The maximum atomic E-state index is 12.7. The van der Waals surface area contributed by atoms with E-state index in [4.69, 9.17) is 11.6 Å². The highest BCUT2D eigenvalue weighted by atomic mass is 127. The molecule has 1 aromatic heterocycles. The lowest BCUT2D eigenvalue weighted by atomic mass is 10.0. The summed E-state index contributed by atoms with van der Waals surface area (Å²) in [7, 11) is 0. The van der Waals surface area contributed by atoms with Crippen molar-refractivity contribution in [3.05, 3.63) is 80.7 Å². The molecule has 10 heteroatoms. The number of nitrogens with one attached hydrogen (secondary N) is 2. The second-order valence-electron chi connectivity index (χ2n) is 8.17. The van der Waals surface area contributed by atoms with Gasteiger partial charge >= 0.3 is 0 Å². The van der Waals surface area contributed by atoms with Gasteiger partial charge in [0.2, 0.25) is 5.91 Å². The van der Waals surface area contributed by atoms with Gasteiger partial charge < -0.3 is 15.2 Å². The van der Waals surface area contributed by atoms with Crippen LogP contribution in [0.15, 0.2) is 60.3 Å². The SMILES string of the molecule is C=CCn1c(SCC(=O)Nc2ccc(I)cc2C(C)C)nnc1[C@@H](C)NC(=O)c1ccc(Cl)cc1. The van der Waals surface area contributed by atoms with E-state index >= 15 is 0 Å². The second kappa shape index (κ2) is 12.5. The summed E-state index contributed by atoms with van der Waals surface area (Å²) < 4.78 is 2.98. The summed E-state index contributed by atoms with van der Waals surface area (Å²) in [4.78, 5) is 25.3. The van der Waals surface area contributed by atoms with Gasteiger partial charge in [-0.3, -0.25) is 9.59 Å². The van der Waals surface area contributed by atoms with Crippen molar-refractivity contribution in [1.82, 2.24) is 20.1 Å². The predicted octanol–water partition coefficient (Wildman–Crippen LogP) is 6.07.